The minimum atomic E-state index is 0.339. The van der Waals surface area contributed by atoms with Crippen molar-refractivity contribution < 1.29 is 5.11 Å². The summed E-state index contributed by atoms with van der Waals surface area (Å²) in [6.07, 6.45) is 5.16. The van der Waals surface area contributed by atoms with Gasteiger partial charge in [0.05, 0.1) is 0 Å². The van der Waals surface area contributed by atoms with Gasteiger partial charge in [-0.1, -0.05) is 37.3 Å². The number of allylic oxidation sites excluding steroid dienone is 2. The number of para-hydroxylation sites is 1. The van der Waals surface area contributed by atoms with Crippen LogP contribution in [0.2, 0.25) is 0 Å². The minimum absolute atomic E-state index is 0.339. The molecule has 70 valence electrons. The average molecular weight is 176 g/mol. The van der Waals surface area contributed by atoms with Crippen LogP contribution < -0.4 is 0 Å². The molecule has 0 aliphatic heterocycles. The molecule has 0 aliphatic rings. The van der Waals surface area contributed by atoms with Crippen LogP contribution >= 0.6 is 0 Å². The number of aromatic hydroxyl groups is 1. The molecular formula is C12H16O. The van der Waals surface area contributed by atoms with Crippen LogP contribution in [0.15, 0.2) is 36.4 Å². The molecule has 1 atom stereocenters. The van der Waals surface area contributed by atoms with Gasteiger partial charge in [0.25, 0.3) is 0 Å². The predicted octanol–water partition coefficient (Wildman–Crippen LogP) is 3.46. The van der Waals surface area contributed by atoms with Crippen molar-refractivity contribution in [1.82, 2.24) is 0 Å². The van der Waals surface area contributed by atoms with E-state index in [2.05, 4.69) is 13.0 Å². The highest BCUT2D eigenvalue weighted by atomic mass is 16.3. The van der Waals surface area contributed by atoms with Crippen LogP contribution in [0, 0.1) is 0 Å². The van der Waals surface area contributed by atoms with E-state index in [1.54, 1.807) is 6.07 Å². The Morgan fingerprint density at radius 3 is 2.62 bits per heavy atom. The highest BCUT2D eigenvalue weighted by molar-refractivity contribution is 5.36. The molecule has 0 aliphatic carbocycles. The lowest BCUT2D eigenvalue weighted by molar-refractivity contribution is 0.464. The van der Waals surface area contributed by atoms with Gasteiger partial charge in [0.1, 0.15) is 5.75 Å². The Balaban J connectivity index is 2.97. The first kappa shape index (κ1) is 9.85. The summed E-state index contributed by atoms with van der Waals surface area (Å²) in [7, 11) is 0. The lowest BCUT2D eigenvalue weighted by atomic mass is 9.95. The Morgan fingerprint density at radius 2 is 2.08 bits per heavy atom. The summed E-state index contributed by atoms with van der Waals surface area (Å²) in [4.78, 5) is 0. The molecule has 1 heteroatoms. The highest BCUT2D eigenvalue weighted by Gasteiger charge is 2.08. The Bertz CT molecular complexity index is 289. The fourth-order valence-corrected chi connectivity index (χ4v) is 1.49. The fraction of sp³-hybridized carbons (Fsp3) is 0.333. The van der Waals surface area contributed by atoms with Gasteiger partial charge in [-0.05, 0) is 19.4 Å². The topological polar surface area (TPSA) is 20.2 Å². The third-order valence-electron chi connectivity index (χ3n) is 2.20. The van der Waals surface area contributed by atoms with Gasteiger partial charge in [0, 0.05) is 11.5 Å². The molecular weight excluding hydrogens is 160 g/mol. The van der Waals surface area contributed by atoms with Gasteiger partial charge >= 0.3 is 0 Å². The molecule has 1 nitrogen and oxygen atoms in total. The van der Waals surface area contributed by atoms with Crippen molar-refractivity contribution in [2.45, 2.75) is 26.2 Å². The molecule has 0 amide bonds. The molecule has 0 heterocycles. The van der Waals surface area contributed by atoms with E-state index in [1.807, 2.05) is 31.2 Å². The molecule has 0 fully saturated rings. The second kappa shape index (κ2) is 4.70. The fourth-order valence-electron chi connectivity index (χ4n) is 1.49. The number of phenolic OH excluding ortho intramolecular Hbond substituents is 1. The maximum Gasteiger partial charge on any atom is 0.119 e. The highest BCUT2D eigenvalue weighted by Crippen LogP contribution is 2.28. The van der Waals surface area contributed by atoms with Gasteiger partial charge < -0.3 is 5.11 Å². The van der Waals surface area contributed by atoms with Crippen LogP contribution in [0.25, 0.3) is 0 Å². The average Bonchev–Trinajstić information content (AvgIpc) is 2.16. The summed E-state index contributed by atoms with van der Waals surface area (Å²) in [6, 6.07) is 7.52. The number of benzene rings is 1. The summed E-state index contributed by atoms with van der Waals surface area (Å²) in [5.74, 6) is 0.735. The van der Waals surface area contributed by atoms with Crippen molar-refractivity contribution in [3.8, 4) is 5.75 Å². The van der Waals surface area contributed by atoms with Crippen molar-refractivity contribution in [1.29, 1.82) is 0 Å². The van der Waals surface area contributed by atoms with Gasteiger partial charge in [-0.2, -0.15) is 0 Å². The summed E-state index contributed by atoms with van der Waals surface area (Å²) in [5.41, 5.74) is 1.02. The van der Waals surface area contributed by atoms with Crippen LogP contribution in [-0.4, -0.2) is 5.11 Å². The van der Waals surface area contributed by atoms with E-state index in [1.165, 1.54) is 0 Å². The van der Waals surface area contributed by atoms with Crippen LogP contribution in [0.3, 0.4) is 0 Å². The maximum atomic E-state index is 9.60. The van der Waals surface area contributed by atoms with Gasteiger partial charge in [0.15, 0.2) is 0 Å². The third kappa shape index (κ3) is 2.35. The van der Waals surface area contributed by atoms with E-state index in [0.29, 0.717) is 11.7 Å². The van der Waals surface area contributed by atoms with Crippen LogP contribution in [0.5, 0.6) is 5.75 Å². The van der Waals surface area contributed by atoms with Crippen molar-refractivity contribution in [3.05, 3.63) is 42.0 Å². The monoisotopic (exact) mass is 176 g/mol. The number of rotatable bonds is 3. The number of hydrogen-bond donors (Lipinski definition) is 1. The summed E-state index contributed by atoms with van der Waals surface area (Å²) >= 11 is 0. The predicted molar refractivity (Wildman–Crippen MR) is 56.0 cm³/mol. The first-order valence-corrected chi connectivity index (χ1v) is 4.70. The Hall–Kier alpha value is -1.24. The normalized spacial score (nSPS) is 13.4. The van der Waals surface area contributed by atoms with Crippen molar-refractivity contribution in [3.63, 3.8) is 0 Å². The lowest BCUT2D eigenvalue weighted by Crippen LogP contribution is -1.93. The van der Waals surface area contributed by atoms with Crippen LogP contribution in [0.4, 0.5) is 0 Å². The second-order valence-electron chi connectivity index (χ2n) is 3.10. The zero-order valence-corrected chi connectivity index (χ0v) is 8.20. The molecule has 0 saturated carbocycles. The van der Waals surface area contributed by atoms with Gasteiger partial charge in [0.2, 0.25) is 0 Å². The molecule has 1 unspecified atom stereocenters. The molecule has 1 aromatic rings. The molecule has 1 aromatic carbocycles. The Kier molecular flexibility index (Phi) is 3.56. The van der Waals surface area contributed by atoms with E-state index < -0.39 is 0 Å². The third-order valence-corrected chi connectivity index (χ3v) is 2.20. The molecule has 0 radical (unpaired) electrons. The Morgan fingerprint density at radius 1 is 1.38 bits per heavy atom. The second-order valence-corrected chi connectivity index (χ2v) is 3.10. The zero-order valence-electron chi connectivity index (χ0n) is 8.20. The first-order valence-electron chi connectivity index (χ1n) is 4.70. The Labute approximate surface area is 79.7 Å². The smallest absolute Gasteiger partial charge is 0.119 e. The summed E-state index contributed by atoms with van der Waals surface area (Å²) in [6.45, 7) is 4.12. The molecule has 1 rings (SSSR count). The van der Waals surface area contributed by atoms with Crippen LogP contribution in [0.1, 0.15) is 31.7 Å². The lowest BCUT2D eigenvalue weighted by Gasteiger charge is -2.11. The molecule has 0 aromatic heterocycles. The minimum Gasteiger partial charge on any atom is -0.508 e. The molecule has 0 spiro atoms. The molecule has 13 heavy (non-hydrogen) atoms. The van der Waals surface area contributed by atoms with E-state index >= 15 is 0 Å². The van der Waals surface area contributed by atoms with Crippen molar-refractivity contribution in [2.75, 3.05) is 0 Å². The van der Waals surface area contributed by atoms with E-state index in [0.717, 1.165) is 12.0 Å². The number of hydrogen-bond acceptors (Lipinski definition) is 1. The van der Waals surface area contributed by atoms with E-state index in [9.17, 15) is 5.11 Å². The maximum absolute atomic E-state index is 9.60. The van der Waals surface area contributed by atoms with Crippen molar-refractivity contribution in [2.24, 2.45) is 0 Å². The first-order chi connectivity index (χ1) is 6.29. The van der Waals surface area contributed by atoms with Gasteiger partial charge in [-0.3, -0.25) is 0 Å². The van der Waals surface area contributed by atoms with Gasteiger partial charge in [-0.25, -0.2) is 0 Å². The van der Waals surface area contributed by atoms with Crippen molar-refractivity contribution >= 4 is 0 Å². The SMILES string of the molecule is C/C=C/C(CC)c1ccccc1O. The summed E-state index contributed by atoms with van der Waals surface area (Å²) in [5, 5.41) is 9.60. The van der Waals surface area contributed by atoms with E-state index in [-0.39, 0.29) is 0 Å². The molecule has 1 N–H and O–H groups in total. The number of phenols is 1. The van der Waals surface area contributed by atoms with Crippen LogP contribution in [-0.2, 0) is 0 Å². The standard InChI is InChI=1S/C12H16O/c1-3-7-10(4-2)11-8-5-6-9-12(11)13/h3,5-10,13H,4H2,1-2H3/b7-3+. The zero-order chi connectivity index (χ0) is 9.68. The quantitative estimate of drug-likeness (QED) is 0.699. The summed E-state index contributed by atoms with van der Waals surface area (Å²) < 4.78 is 0. The van der Waals surface area contributed by atoms with E-state index in [4.69, 9.17) is 0 Å². The molecule has 0 bridgehead atoms. The van der Waals surface area contributed by atoms with Gasteiger partial charge in [-0.15, -0.1) is 0 Å². The largest absolute Gasteiger partial charge is 0.508 e. The molecule has 0 saturated heterocycles.